The molecule has 3 heterocycles. The molecule has 1 aromatic heterocycles. The van der Waals surface area contributed by atoms with Crippen molar-refractivity contribution in [1.82, 2.24) is 9.88 Å². The van der Waals surface area contributed by atoms with Crippen LogP contribution in [0.3, 0.4) is 0 Å². The van der Waals surface area contributed by atoms with Gasteiger partial charge in [-0.25, -0.2) is 4.39 Å². The van der Waals surface area contributed by atoms with E-state index < -0.39 is 17.4 Å². The summed E-state index contributed by atoms with van der Waals surface area (Å²) in [6.45, 7) is 4.66. The van der Waals surface area contributed by atoms with Crippen molar-refractivity contribution < 1.29 is 22.4 Å². The van der Waals surface area contributed by atoms with Gasteiger partial charge in [0.25, 0.3) is 0 Å². The largest absolute Gasteiger partial charge is 0.418 e. The van der Waals surface area contributed by atoms with E-state index in [1.807, 2.05) is 7.05 Å². The van der Waals surface area contributed by atoms with Crippen molar-refractivity contribution in [2.75, 3.05) is 38.1 Å². The second-order valence-corrected chi connectivity index (χ2v) is 10.0. The topological polar surface area (TPSA) is 36.4 Å². The van der Waals surface area contributed by atoms with Gasteiger partial charge < -0.3 is 9.80 Å². The summed E-state index contributed by atoms with van der Waals surface area (Å²) in [7, 11) is 1.96. The third kappa shape index (κ3) is 5.48. The summed E-state index contributed by atoms with van der Waals surface area (Å²) >= 11 is 0. The van der Waals surface area contributed by atoms with Gasteiger partial charge in [0.15, 0.2) is 0 Å². The third-order valence-electron chi connectivity index (χ3n) is 7.05. The van der Waals surface area contributed by atoms with Crippen molar-refractivity contribution in [3.8, 4) is 0 Å². The van der Waals surface area contributed by atoms with Crippen LogP contribution < -0.4 is 4.90 Å². The molecule has 4 rings (SSSR count). The van der Waals surface area contributed by atoms with Crippen LogP contribution in [-0.2, 0) is 11.0 Å². The van der Waals surface area contributed by atoms with Crippen LogP contribution in [0.5, 0.6) is 0 Å². The van der Waals surface area contributed by atoms with Gasteiger partial charge in [0.1, 0.15) is 11.5 Å². The van der Waals surface area contributed by atoms with Crippen LogP contribution in [0.15, 0.2) is 30.5 Å². The highest BCUT2D eigenvalue weighted by molar-refractivity contribution is 5.94. The normalized spacial score (nSPS) is 24.2. The maximum atomic E-state index is 15.1. The second kappa shape index (κ2) is 9.20. The number of likely N-dealkylation sites (tertiary alicyclic amines) is 1. The van der Waals surface area contributed by atoms with Gasteiger partial charge >= 0.3 is 6.18 Å². The van der Waals surface area contributed by atoms with Crippen molar-refractivity contribution in [2.24, 2.45) is 11.8 Å². The first kappa shape index (κ1) is 23.9. The van der Waals surface area contributed by atoms with Gasteiger partial charge in [-0.1, -0.05) is 6.92 Å². The first-order valence-corrected chi connectivity index (χ1v) is 11.6. The van der Waals surface area contributed by atoms with Crippen molar-refractivity contribution >= 4 is 22.4 Å². The van der Waals surface area contributed by atoms with Crippen LogP contribution in [-0.4, -0.2) is 54.6 Å². The molecule has 4 nitrogen and oxygen atoms in total. The minimum atomic E-state index is -4.48. The molecule has 0 radical (unpaired) electrons. The quantitative estimate of drug-likeness (QED) is 0.547. The van der Waals surface area contributed by atoms with Crippen LogP contribution in [0.2, 0.25) is 0 Å². The lowest BCUT2D eigenvalue weighted by molar-refractivity contribution is -0.136. The van der Waals surface area contributed by atoms with Crippen LogP contribution in [0.25, 0.3) is 10.9 Å². The molecule has 2 aliphatic rings. The first-order valence-electron chi connectivity index (χ1n) is 11.6. The molecule has 2 atom stereocenters. The molecular formula is C25H31F4N3O. The number of hydrogen-bond donors (Lipinski definition) is 0. The van der Waals surface area contributed by atoms with E-state index in [1.54, 1.807) is 12.1 Å². The Morgan fingerprint density at radius 3 is 2.61 bits per heavy atom. The molecule has 33 heavy (non-hydrogen) atoms. The highest BCUT2D eigenvalue weighted by Gasteiger charge is 2.37. The molecule has 0 aliphatic carbocycles. The van der Waals surface area contributed by atoms with E-state index in [0.717, 1.165) is 12.5 Å². The maximum Gasteiger partial charge on any atom is 0.418 e. The molecule has 2 fully saturated rings. The minimum absolute atomic E-state index is 0.0428. The van der Waals surface area contributed by atoms with E-state index in [9.17, 15) is 18.0 Å². The molecule has 1 aromatic carbocycles. The zero-order valence-electron chi connectivity index (χ0n) is 19.2. The first-order chi connectivity index (χ1) is 15.5. The van der Waals surface area contributed by atoms with Gasteiger partial charge in [-0.15, -0.1) is 0 Å². The zero-order valence-corrected chi connectivity index (χ0v) is 19.2. The van der Waals surface area contributed by atoms with E-state index in [4.69, 9.17) is 0 Å². The molecule has 8 heteroatoms. The number of halogens is 4. The molecular weight excluding hydrogens is 434 g/mol. The molecule has 180 valence electrons. The molecule has 0 bridgehead atoms. The number of Topliss-reactive ketones (excluding diaryl/α,β-unsaturated/α-hetero) is 1. The molecule has 0 amide bonds. The van der Waals surface area contributed by atoms with E-state index in [1.165, 1.54) is 12.3 Å². The predicted molar refractivity (Wildman–Crippen MR) is 121 cm³/mol. The van der Waals surface area contributed by atoms with Crippen molar-refractivity contribution in [1.29, 1.82) is 0 Å². The number of piperidine rings is 2. The van der Waals surface area contributed by atoms with Gasteiger partial charge in [0, 0.05) is 56.3 Å². The molecule has 0 N–H and O–H groups in total. The van der Waals surface area contributed by atoms with Gasteiger partial charge in [-0.3, -0.25) is 9.78 Å². The Bertz CT molecular complexity index is 1000. The van der Waals surface area contributed by atoms with Crippen LogP contribution >= 0.6 is 0 Å². The fraction of sp³-hybridized carbons (Fsp3) is 0.600. The number of ketones is 1. The lowest BCUT2D eigenvalue weighted by Gasteiger charge is -2.39. The van der Waals surface area contributed by atoms with E-state index in [2.05, 4.69) is 21.7 Å². The Balaban J connectivity index is 1.50. The number of fused-ring (bicyclic) bond motifs is 1. The average Bonchev–Trinajstić information content (AvgIpc) is 2.74. The fourth-order valence-electron chi connectivity index (χ4n) is 5.43. The number of anilines is 1. The molecule has 0 unspecified atom stereocenters. The number of alkyl halides is 4. The Morgan fingerprint density at radius 1 is 1.18 bits per heavy atom. The smallest absolute Gasteiger partial charge is 0.370 e. The lowest BCUT2D eigenvalue weighted by atomic mass is 9.82. The number of benzene rings is 1. The van der Waals surface area contributed by atoms with Crippen LogP contribution in [0.4, 0.5) is 23.2 Å². The Hall–Kier alpha value is -2.22. The van der Waals surface area contributed by atoms with Crippen molar-refractivity contribution in [3.63, 3.8) is 0 Å². The average molecular weight is 466 g/mol. The monoisotopic (exact) mass is 465 g/mol. The lowest BCUT2D eigenvalue weighted by Crippen LogP contribution is -2.43. The number of pyridine rings is 1. The highest BCUT2D eigenvalue weighted by atomic mass is 19.4. The SMILES string of the molecule is C[C@H]1C[C@@H](CC(=O)CC2(F)CCN(C)CC2)CN(c2ccc(C(F)(F)F)c3ncccc23)C1. The minimum Gasteiger partial charge on any atom is -0.370 e. The summed E-state index contributed by atoms with van der Waals surface area (Å²) in [6.07, 6.45) is -1.23. The van der Waals surface area contributed by atoms with Crippen LogP contribution in [0, 0.1) is 11.8 Å². The number of aromatic nitrogens is 1. The van der Waals surface area contributed by atoms with Crippen molar-refractivity contribution in [2.45, 2.75) is 50.9 Å². The number of rotatable bonds is 5. The van der Waals surface area contributed by atoms with Crippen molar-refractivity contribution in [3.05, 3.63) is 36.0 Å². The third-order valence-corrected chi connectivity index (χ3v) is 7.05. The van der Waals surface area contributed by atoms with Gasteiger partial charge in [-0.05, 0) is 62.4 Å². The molecule has 2 saturated heterocycles. The summed E-state index contributed by atoms with van der Waals surface area (Å²) in [5, 5.41) is 0.459. The fourth-order valence-corrected chi connectivity index (χ4v) is 5.43. The zero-order chi connectivity index (χ0) is 23.8. The molecule has 0 spiro atoms. The summed E-state index contributed by atoms with van der Waals surface area (Å²) in [5.41, 5.74) is -1.52. The number of carbonyl (C=O) groups excluding carboxylic acids is 1. The standard InChI is InChI=1S/C25H31F4N3O/c1-17-12-18(13-19(33)14-24(26)7-10-31(2)11-8-24)16-32(15-17)22-6-5-21(25(27,28)29)23-20(22)4-3-9-30-23/h3-6,9,17-18H,7-8,10-16H2,1-2H3/t17-,18-/m0/s1. The summed E-state index contributed by atoms with van der Waals surface area (Å²) in [4.78, 5) is 20.9. The van der Waals surface area contributed by atoms with Crippen LogP contribution in [0.1, 0.15) is 44.6 Å². The summed E-state index contributed by atoms with van der Waals surface area (Å²) in [5.74, 6) is 0.262. The number of hydrogen-bond acceptors (Lipinski definition) is 4. The molecule has 2 aliphatic heterocycles. The molecule has 2 aromatic rings. The van der Waals surface area contributed by atoms with E-state index >= 15 is 4.39 Å². The van der Waals surface area contributed by atoms with E-state index in [0.29, 0.717) is 56.5 Å². The van der Waals surface area contributed by atoms with E-state index in [-0.39, 0.29) is 29.6 Å². The summed E-state index contributed by atoms with van der Waals surface area (Å²) < 4.78 is 55.6. The predicted octanol–water partition coefficient (Wildman–Crippen LogP) is 5.50. The van der Waals surface area contributed by atoms with Gasteiger partial charge in [-0.2, -0.15) is 13.2 Å². The number of nitrogens with zero attached hydrogens (tertiary/aromatic N) is 3. The van der Waals surface area contributed by atoms with Gasteiger partial charge in [0.2, 0.25) is 0 Å². The maximum absolute atomic E-state index is 15.1. The Morgan fingerprint density at radius 2 is 1.91 bits per heavy atom. The number of carbonyl (C=O) groups is 1. The Labute approximate surface area is 192 Å². The highest BCUT2D eigenvalue weighted by Crippen LogP contribution is 2.39. The summed E-state index contributed by atoms with van der Waals surface area (Å²) in [6, 6.07) is 5.91. The molecule has 0 saturated carbocycles. The Kier molecular flexibility index (Phi) is 6.67. The second-order valence-electron chi connectivity index (χ2n) is 10.0. The van der Waals surface area contributed by atoms with Gasteiger partial charge in [0.05, 0.1) is 11.1 Å².